The maximum absolute atomic E-state index is 11.3. The molecule has 0 spiro atoms. The van der Waals surface area contributed by atoms with Crippen LogP contribution in [0.1, 0.15) is 13.8 Å². The third kappa shape index (κ3) is 2.01. The second-order valence-electron chi connectivity index (χ2n) is 2.92. The van der Waals surface area contributed by atoms with Crippen LogP contribution < -0.4 is 5.32 Å². The van der Waals surface area contributed by atoms with Gasteiger partial charge in [-0.1, -0.05) is 0 Å². The van der Waals surface area contributed by atoms with Crippen LogP contribution >= 0.6 is 0 Å². The summed E-state index contributed by atoms with van der Waals surface area (Å²) in [6, 6.07) is -0.660. The van der Waals surface area contributed by atoms with Crippen molar-refractivity contribution >= 4 is 17.9 Å². The normalized spacial score (nSPS) is 21.9. The zero-order chi connectivity index (χ0) is 10.7. The van der Waals surface area contributed by atoms with Crippen molar-refractivity contribution in [2.45, 2.75) is 19.9 Å². The molecule has 14 heavy (non-hydrogen) atoms. The van der Waals surface area contributed by atoms with E-state index in [4.69, 9.17) is 4.74 Å². The molecule has 1 N–H and O–H groups in total. The number of carbonyl (C=O) groups excluding carboxylic acids is 3. The van der Waals surface area contributed by atoms with Crippen LogP contribution in [0.2, 0.25) is 0 Å². The van der Waals surface area contributed by atoms with Crippen LogP contribution in [0.3, 0.4) is 0 Å². The number of hydrogen-bond acceptors (Lipinski definition) is 4. The number of nitrogens with one attached hydrogen (secondary N) is 1. The Balaban J connectivity index is 2.71. The van der Waals surface area contributed by atoms with Gasteiger partial charge in [0.05, 0.1) is 6.61 Å². The summed E-state index contributed by atoms with van der Waals surface area (Å²) in [5.74, 6) is -0.963. The van der Waals surface area contributed by atoms with Crippen LogP contribution in [0.5, 0.6) is 0 Å². The number of rotatable bonds is 1. The molecule has 1 saturated heterocycles. The Hall–Kier alpha value is -1.59. The van der Waals surface area contributed by atoms with Gasteiger partial charge < -0.3 is 4.74 Å². The number of ether oxygens (including phenoxy) is 1. The Kier molecular flexibility index (Phi) is 3.06. The van der Waals surface area contributed by atoms with Gasteiger partial charge >= 0.3 is 6.09 Å². The second kappa shape index (κ2) is 4.08. The zero-order valence-electron chi connectivity index (χ0n) is 8.07. The molecule has 3 amide bonds. The molecule has 0 aromatic carbocycles. The number of amides is 3. The lowest BCUT2D eigenvalue weighted by Crippen LogP contribution is -2.58. The second-order valence-corrected chi connectivity index (χ2v) is 2.92. The molecule has 0 aliphatic carbocycles. The quantitative estimate of drug-likeness (QED) is 0.578. The highest BCUT2D eigenvalue weighted by Gasteiger charge is 2.34. The van der Waals surface area contributed by atoms with Gasteiger partial charge in [-0.3, -0.25) is 19.8 Å². The minimum Gasteiger partial charge on any atom is -0.450 e. The van der Waals surface area contributed by atoms with E-state index in [-0.39, 0.29) is 13.2 Å². The summed E-state index contributed by atoms with van der Waals surface area (Å²) >= 11 is 0. The van der Waals surface area contributed by atoms with Gasteiger partial charge in [-0.25, -0.2) is 4.79 Å². The van der Waals surface area contributed by atoms with E-state index in [1.165, 1.54) is 0 Å². The lowest BCUT2D eigenvalue weighted by molar-refractivity contribution is -0.138. The molecule has 0 aromatic rings. The van der Waals surface area contributed by atoms with Crippen molar-refractivity contribution in [2.75, 3.05) is 13.2 Å². The molecule has 1 atom stereocenters. The molecule has 6 heteroatoms. The van der Waals surface area contributed by atoms with Crippen molar-refractivity contribution in [3.8, 4) is 0 Å². The van der Waals surface area contributed by atoms with E-state index in [0.29, 0.717) is 0 Å². The Morgan fingerprint density at radius 2 is 2.29 bits per heavy atom. The van der Waals surface area contributed by atoms with Crippen LogP contribution in [0, 0.1) is 0 Å². The summed E-state index contributed by atoms with van der Waals surface area (Å²) in [5, 5.41) is 2.13. The Morgan fingerprint density at radius 3 is 2.86 bits per heavy atom. The molecule has 6 nitrogen and oxygen atoms in total. The van der Waals surface area contributed by atoms with Gasteiger partial charge in [0.15, 0.2) is 0 Å². The zero-order valence-corrected chi connectivity index (χ0v) is 8.07. The molecular weight excluding hydrogens is 188 g/mol. The lowest BCUT2D eigenvalue weighted by Gasteiger charge is -2.30. The smallest absolute Gasteiger partial charge is 0.410 e. The fourth-order valence-electron chi connectivity index (χ4n) is 1.14. The predicted octanol–water partition coefficient (Wildman–Crippen LogP) is -0.510. The largest absolute Gasteiger partial charge is 0.450 e. The minimum atomic E-state index is -0.660. The number of hydrogen-bond donors (Lipinski definition) is 1. The van der Waals surface area contributed by atoms with Crippen molar-refractivity contribution in [2.24, 2.45) is 0 Å². The summed E-state index contributed by atoms with van der Waals surface area (Å²) < 4.78 is 4.70. The Morgan fingerprint density at radius 1 is 1.64 bits per heavy atom. The maximum Gasteiger partial charge on any atom is 0.410 e. The Labute approximate surface area is 81.2 Å². The minimum absolute atomic E-state index is 0.133. The van der Waals surface area contributed by atoms with Crippen molar-refractivity contribution < 1.29 is 19.1 Å². The van der Waals surface area contributed by atoms with Gasteiger partial charge in [0, 0.05) is 0 Å². The molecule has 1 heterocycles. The molecule has 0 saturated carbocycles. The lowest BCUT2D eigenvalue weighted by atomic mass is 10.2. The third-order valence-electron chi connectivity index (χ3n) is 1.93. The van der Waals surface area contributed by atoms with Crippen LogP contribution in [0.25, 0.3) is 0 Å². The maximum atomic E-state index is 11.3. The van der Waals surface area contributed by atoms with E-state index in [1.807, 2.05) is 0 Å². The van der Waals surface area contributed by atoms with Crippen LogP contribution in [-0.4, -0.2) is 42.0 Å². The van der Waals surface area contributed by atoms with Gasteiger partial charge in [-0.2, -0.15) is 0 Å². The first-order chi connectivity index (χ1) is 6.56. The fourth-order valence-corrected chi connectivity index (χ4v) is 1.14. The van der Waals surface area contributed by atoms with E-state index >= 15 is 0 Å². The third-order valence-corrected chi connectivity index (χ3v) is 1.93. The van der Waals surface area contributed by atoms with Crippen molar-refractivity contribution in [1.82, 2.24) is 10.2 Å². The molecule has 1 rings (SSSR count). The summed E-state index contributed by atoms with van der Waals surface area (Å²) in [5.41, 5.74) is 0. The standard InChI is InChI=1S/C8H12N2O4/c1-3-14-8(13)10-4-6(11)9-7(12)5(10)2/h5H,3-4H2,1-2H3,(H,9,11,12). The van der Waals surface area contributed by atoms with E-state index in [1.54, 1.807) is 13.8 Å². The highest BCUT2D eigenvalue weighted by atomic mass is 16.6. The summed E-state index contributed by atoms with van der Waals surface area (Å²) in [7, 11) is 0. The summed E-state index contributed by atoms with van der Waals surface area (Å²) in [6.07, 6.45) is -0.636. The first kappa shape index (κ1) is 10.5. The summed E-state index contributed by atoms with van der Waals surface area (Å²) in [4.78, 5) is 34.5. The van der Waals surface area contributed by atoms with Crippen LogP contribution in [0.4, 0.5) is 4.79 Å². The first-order valence-electron chi connectivity index (χ1n) is 4.33. The fraction of sp³-hybridized carbons (Fsp3) is 0.625. The molecular formula is C8H12N2O4. The summed E-state index contributed by atoms with van der Waals surface area (Å²) in [6.45, 7) is 3.29. The van der Waals surface area contributed by atoms with Gasteiger partial charge in [0.2, 0.25) is 11.8 Å². The van der Waals surface area contributed by atoms with E-state index < -0.39 is 23.9 Å². The van der Waals surface area contributed by atoms with Gasteiger partial charge in [-0.15, -0.1) is 0 Å². The van der Waals surface area contributed by atoms with Gasteiger partial charge in [0.1, 0.15) is 12.6 Å². The van der Waals surface area contributed by atoms with Crippen molar-refractivity contribution in [3.05, 3.63) is 0 Å². The van der Waals surface area contributed by atoms with E-state index in [2.05, 4.69) is 5.32 Å². The van der Waals surface area contributed by atoms with Gasteiger partial charge in [0.25, 0.3) is 0 Å². The number of nitrogens with zero attached hydrogens (tertiary/aromatic N) is 1. The molecule has 0 aromatic heterocycles. The molecule has 1 fully saturated rings. The van der Waals surface area contributed by atoms with E-state index in [9.17, 15) is 14.4 Å². The van der Waals surface area contributed by atoms with Crippen LogP contribution in [0.15, 0.2) is 0 Å². The number of imide groups is 1. The highest BCUT2D eigenvalue weighted by molar-refractivity contribution is 6.03. The Bertz CT molecular complexity index is 277. The molecule has 0 radical (unpaired) electrons. The molecule has 78 valence electrons. The molecule has 1 aliphatic rings. The first-order valence-corrected chi connectivity index (χ1v) is 4.33. The van der Waals surface area contributed by atoms with E-state index in [0.717, 1.165) is 4.90 Å². The highest BCUT2D eigenvalue weighted by Crippen LogP contribution is 2.06. The SMILES string of the molecule is CCOC(=O)N1CC(=O)NC(=O)C1C. The van der Waals surface area contributed by atoms with Crippen molar-refractivity contribution in [1.29, 1.82) is 0 Å². The molecule has 0 bridgehead atoms. The number of carbonyl (C=O) groups is 3. The predicted molar refractivity (Wildman–Crippen MR) is 46.3 cm³/mol. The topological polar surface area (TPSA) is 75.7 Å². The number of piperazine rings is 1. The van der Waals surface area contributed by atoms with Gasteiger partial charge in [-0.05, 0) is 13.8 Å². The average molecular weight is 200 g/mol. The van der Waals surface area contributed by atoms with Crippen molar-refractivity contribution in [3.63, 3.8) is 0 Å². The molecule has 1 aliphatic heterocycles. The van der Waals surface area contributed by atoms with Crippen LogP contribution in [-0.2, 0) is 14.3 Å². The monoisotopic (exact) mass is 200 g/mol. The molecule has 1 unspecified atom stereocenters. The average Bonchev–Trinajstić information content (AvgIpc) is 2.11.